The van der Waals surface area contributed by atoms with E-state index in [1.54, 1.807) is 0 Å². The number of aliphatic hydroxyl groups excluding tert-OH is 2. The van der Waals surface area contributed by atoms with Crippen LogP contribution in [0.25, 0.3) is 0 Å². The molecule has 2 heteroatoms. The average molecular weight is 230 g/mol. The molecule has 0 aromatic carbocycles. The Bertz CT molecular complexity index is 121. The molecule has 0 saturated carbocycles. The fraction of sp³-hybridized carbons (Fsp3) is 1.00. The minimum absolute atomic E-state index is 0.332. The van der Waals surface area contributed by atoms with Crippen LogP contribution in [0.15, 0.2) is 0 Å². The Balaban J connectivity index is 3.04. The predicted octanol–water partition coefficient (Wildman–Crippen LogP) is 3.36. The van der Waals surface area contributed by atoms with Crippen LogP contribution in [0.3, 0.4) is 0 Å². The Labute approximate surface area is 101 Å². The van der Waals surface area contributed by atoms with Gasteiger partial charge in [0.25, 0.3) is 0 Å². The van der Waals surface area contributed by atoms with Gasteiger partial charge in [-0.25, -0.2) is 0 Å². The molecule has 0 aromatic heterocycles. The van der Waals surface area contributed by atoms with Gasteiger partial charge in [-0.05, 0) is 24.7 Å². The first-order valence-corrected chi connectivity index (χ1v) is 6.92. The van der Waals surface area contributed by atoms with Gasteiger partial charge in [-0.15, -0.1) is 0 Å². The Morgan fingerprint density at radius 3 is 1.25 bits per heavy atom. The third-order valence-electron chi connectivity index (χ3n) is 3.27. The minimum Gasteiger partial charge on any atom is -0.396 e. The molecule has 0 aliphatic carbocycles. The molecule has 0 fully saturated rings. The molecule has 98 valence electrons. The topological polar surface area (TPSA) is 40.5 Å². The largest absolute Gasteiger partial charge is 0.396 e. The van der Waals surface area contributed by atoms with Crippen molar-refractivity contribution in [3.8, 4) is 0 Å². The number of hydrogen-bond acceptors (Lipinski definition) is 2. The van der Waals surface area contributed by atoms with E-state index in [1.807, 2.05) is 0 Å². The van der Waals surface area contributed by atoms with E-state index in [0.29, 0.717) is 25.0 Å². The van der Waals surface area contributed by atoms with E-state index in [0.717, 1.165) is 12.8 Å². The van der Waals surface area contributed by atoms with Gasteiger partial charge in [0, 0.05) is 13.2 Å². The second kappa shape index (κ2) is 11.4. The molecule has 0 aliphatic rings. The average Bonchev–Trinajstić information content (AvgIpc) is 2.31. The van der Waals surface area contributed by atoms with Crippen LogP contribution in [0.1, 0.15) is 65.2 Å². The number of hydrogen-bond donors (Lipinski definition) is 2. The molecule has 0 spiro atoms. The molecular weight excluding hydrogens is 200 g/mol. The zero-order valence-corrected chi connectivity index (χ0v) is 11.1. The van der Waals surface area contributed by atoms with Crippen molar-refractivity contribution in [3.63, 3.8) is 0 Å². The standard InChI is InChI=1S/C14H30O2/c1-13(11-15)9-7-5-3-4-6-8-10-14(2)12-16/h13-16H,3-12H2,1-2H3. The summed E-state index contributed by atoms with van der Waals surface area (Å²) in [5, 5.41) is 17.7. The molecule has 0 amide bonds. The molecule has 0 heterocycles. The molecule has 0 aliphatic heterocycles. The van der Waals surface area contributed by atoms with E-state index in [2.05, 4.69) is 13.8 Å². The predicted molar refractivity (Wildman–Crippen MR) is 69.4 cm³/mol. The van der Waals surface area contributed by atoms with Gasteiger partial charge >= 0.3 is 0 Å². The molecule has 0 bridgehead atoms. The van der Waals surface area contributed by atoms with Crippen LogP contribution in [0.2, 0.25) is 0 Å². The van der Waals surface area contributed by atoms with E-state index in [-0.39, 0.29) is 0 Å². The first-order chi connectivity index (χ1) is 7.70. The monoisotopic (exact) mass is 230 g/mol. The molecule has 0 radical (unpaired) electrons. The van der Waals surface area contributed by atoms with Crippen LogP contribution in [0, 0.1) is 11.8 Å². The molecule has 2 N–H and O–H groups in total. The summed E-state index contributed by atoms with van der Waals surface area (Å²) in [4.78, 5) is 0. The van der Waals surface area contributed by atoms with E-state index < -0.39 is 0 Å². The van der Waals surface area contributed by atoms with Gasteiger partial charge < -0.3 is 10.2 Å². The molecule has 16 heavy (non-hydrogen) atoms. The summed E-state index contributed by atoms with van der Waals surface area (Å²) in [7, 11) is 0. The van der Waals surface area contributed by atoms with E-state index in [9.17, 15) is 0 Å². The smallest absolute Gasteiger partial charge is 0.0456 e. The fourth-order valence-electron chi connectivity index (χ4n) is 1.88. The van der Waals surface area contributed by atoms with Crippen LogP contribution in [0.4, 0.5) is 0 Å². The van der Waals surface area contributed by atoms with Crippen LogP contribution in [0.5, 0.6) is 0 Å². The maximum absolute atomic E-state index is 8.86. The lowest BCUT2D eigenvalue weighted by atomic mass is 10.0. The first kappa shape index (κ1) is 15.9. The molecule has 0 saturated heterocycles. The number of unbranched alkanes of at least 4 members (excludes halogenated alkanes) is 5. The summed E-state index contributed by atoms with van der Waals surface area (Å²) >= 11 is 0. The summed E-state index contributed by atoms with van der Waals surface area (Å²) in [6.07, 6.45) is 10.1. The zero-order valence-electron chi connectivity index (χ0n) is 11.1. The molecule has 2 unspecified atom stereocenters. The third kappa shape index (κ3) is 10.4. The van der Waals surface area contributed by atoms with Crippen molar-refractivity contribution in [1.82, 2.24) is 0 Å². The molecule has 0 aromatic rings. The van der Waals surface area contributed by atoms with Crippen molar-refractivity contribution in [2.24, 2.45) is 11.8 Å². The van der Waals surface area contributed by atoms with Crippen molar-refractivity contribution < 1.29 is 10.2 Å². The summed E-state index contributed by atoms with van der Waals surface area (Å²) in [6.45, 7) is 4.88. The Morgan fingerprint density at radius 1 is 0.625 bits per heavy atom. The maximum Gasteiger partial charge on any atom is 0.0456 e. The van der Waals surface area contributed by atoms with Crippen LogP contribution >= 0.6 is 0 Å². The minimum atomic E-state index is 0.332. The van der Waals surface area contributed by atoms with Gasteiger partial charge in [0.1, 0.15) is 0 Å². The van der Waals surface area contributed by atoms with Gasteiger partial charge in [0.2, 0.25) is 0 Å². The van der Waals surface area contributed by atoms with Gasteiger partial charge in [0.05, 0.1) is 0 Å². The highest BCUT2D eigenvalue weighted by Crippen LogP contribution is 2.13. The van der Waals surface area contributed by atoms with Crippen LogP contribution in [-0.4, -0.2) is 23.4 Å². The van der Waals surface area contributed by atoms with Crippen molar-refractivity contribution in [3.05, 3.63) is 0 Å². The summed E-state index contributed by atoms with van der Waals surface area (Å²) in [6, 6.07) is 0. The van der Waals surface area contributed by atoms with Crippen LogP contribution < -0.4 is 0 Å². The zero-order chi connectivity index (χ0) is 12.2. The number of rotatable bonds is 11. The Kier molecular flexibility index (Phi) is 11.3. The van der Waals surface area contributed by atoms with Gasteiger partial charge in [-0.3, -0.25) is 0 Å². The van der Waals surface area contributed by atoms with E-state index in [4.69, 9.17) is 10.2 Å². The summed E-state index contributed by atoms with van der Waals surface area (Å²) < 4.78 is 0. The fourth-order valence-corrected chi connectivity index (χ4v) is 1.88. The second-order valence-corrected chi connectivity index (χ2v) is 5.27. The SMILES string of the molecule is CC(CO)CCCCCCCCC(C)CO. The quantitative estimate of drug-likeness (QED) is 0.534. The van der Waals surface area contributed by atoms with Crippen LogP contribution in [-0.2, 0) is 0 Å². The van der Waals surface area contributed by atoms with Crippen molar-refractivity contribution >= 4 is 0 Å². The van der Waals surface area contributed by atoms with E-state index in [1.165, 1.54) is 38.5 Å². The summed E-state index contributed by atoms with van der Waals surface area (Å²) in [5.74, 6) is 0.954. The van der Waals surface area contributed by atoms with E-state index >= 15 is 0 Å². The highest BCUT2D eigenvalue weighted by molar-refractivity contribution is 4.53. The highest BCUT2D eigenvalue weighted by atomic mass is 16.3. The molecular formula is C14H30O2. The Morgan fingerprint density at radius 2 is 0.938 bits per heavy atom. The normalized spacial score (nSPS) is 15.0. The molecule has 0 rings (SSSR count). The first-order valence-electron chi connectivity index (χ1n) is 6.92. The highest BCUT2D eigenvalue weighted by Gasteiger charge is 2.00. The van der Waals surface area contributed by atoms with Gasteiger partial charge in [-0.2, -0.15) is 0 Å². The van der Waals surface area contributed by atoms with Crippen molar-refractivity contribution in [2.45, 2.75) is 65.2 Å². The molecule has 2 nitrogen and oxygen atoms in total. The van der Waals surface area contributed by atoms with Crippen molar-refractivity contribution in [1.29, 1.82) is 0 Å². The lowest BCUT2D eigenvalue weighted by molar-refractivity contribution is 0.225. The van der Waals surface area contributed by atoms with Crippen molar-refractivity contribution in [2.75, 3.05) is 13.2 Å². The Hall–Kier alpha value is -0.0800. The second-order valence-electron chi connectivity index (χ2n) is 5.27. The molecule has 2 atom stereocenters. The van der Waals surface area contributed by atoms with Gasteiger partial charge in [-0.1, -0.05) is 52.4 Å². The number of aliphatic hydroxyl groups is 2. The van der Waals surface area contributed by atoms with Gasteiger partial charge in [0.15, 0.2) is 0 Å². The lowest BCUT2D eigenvalue weighted by Gasteiger charge is -2.08. The maximum atomic E-state index is 8.86. The lowest BCUT2D eigenvalue weighted by Crippen LogP contribution is -2.00. The summed E-state index contributed by atoms with van der Waals surface area (Å²) in [5.41, 5.74) is 0. The third-order valence-corrected chi connectivity index (χ3v) is 3.27.